The minimum atomic E-state index is 0.568. The molecular formula is C13H22N2S2. The molecular weight excluding hydrogens is 248 g/mol. The van der Waals surface area contributed by atoms with E-state index in [0.29, 0.717) is 11.5 Å². The van der Waals surface area contributed by atoms with Crippen molar-refractivity contribution in [2.75, 3.05) is 23.8 Å². The van der Waals surface area contributed by atoms with Crippen molar-refractivity contribution in [3.8, 4) is 0 Å². The van der Waals surface area contributed by atoms with Crippen molar-refractivity contribution in [3.05, 3.63) is 0 Å². The van der Waals surface area contributed by atoms with E-state index in [9.17, 15) is 0 Å². The molecule has 2 fully saturated rings. The van der Waals surface area contributed by atoms with Crippen molar-refractivity contribution in [2.24, 2.45) is 10.4 Å². The maximum absolute atomic E-state index is 4.83. The van der Waals surface area contributed by atoms with Crippen LogP contribution in [-0.4, -0.2) is 35.0 Å². The SMILES string of the molecule is C1CCC2(CC1)CN=C(NC1CCSC1)SC2. The van der Waals surface area contributed by atoms with E-state index in [1.54, 1.807) is 0 Å². The highest BCUT2D eigenvalue weighted by molar-refractivity contribution is 8.13. The van der Waals surface area contributed by atoms with Gasteiger partial charge in [0.2, 0.25) is 0 Å². The van der Waals surface area contributed by atoms with Crippen LogP contribution in [0.5, 0.6) is 0 Å². The minimum Gasteiger partial charge on any atom is -0.361 e. The van der Waals surface area contributed by atoms with Crippen molar-refractivity contribution in [1.82, 2.24) is 5.32 Å². The quantitative estimate of drug-likeness (QED) is 0.792. The number of nitrogens with zero attached hydrogens (tertiary/aromatic N) is 1. The van der Waals surface area contributed by atoms with Gasteiger partial charge in [-0.2, -0.15) is 11.8 Å². The summed E-state index contributed by atoms with van der Waals surface area (Å²) in [4.78, 5) is 4.83. The first kappa shape index (κ1) is 12.2. The molecule has 17 heavy (non-hydrogen) atoms. The van der Waals surface area contributed by atoms with E-state index in [2.05, 4.69) is 17.1 Å². The number of hydrogen-bond donors (Lipinski definition) is 1. The van der Waals surface area contributed by atoms with Crippen LogP contribution in [0.15, 0.2) is 4.99 Å². The van der Waals surface area contributed by atoms with Crippen LogP contribution in [0.2, 0.25) is 0 Å². The summed E-state index contributed by atoms with van der Waals surface area (Å²) in [5.41, 5.74) is 0.568. The zero-order valence-electron chi connectivity index (χ0n) is 10.4. The predicted octanol–water partition coefficient (Wildman–Crippen LogP) is 3.13. The maximum Gasteiger partial charge on any atom is 0.156 e. The van der Waals surface area contributed by atoms with Crippen LogP contribution in [0.3, 0.4) is 0 Å². The summed E-state index contributed by atoms with van der Waals surface area (Å²) < 4.78 is 0. The molecule has 2 heterocycles. The third-order valence-corrected chi connectivity index (χ3v) is 6.68. The van der Waals surface area contributed by atoms with Gasteiger partial charge in [0, 0.05) is 24.1 Å². The molecule has 0 aromatic carbocycles. The van der Waals surface area contributed by atoms with Crippen LogP contribution in [-0.2, 0) is 0 Å². The molecule has 0 bridgehead atoms. The predicted molar refractivity (Wildman–Crippen MR) is 79.1 cm³/mol. The van der Waals surface area contributed by atoms with Crippen LogP contribution < -0.4 is 5.32 Å². The molecule has 3 rings (SSSR count). The first-order chi connectivity index (χ1) is 8.36. The first-order valence-electron chi connectivity index (χ1n) is 6.88. The average Bonchev–Trinajstić information content (AvgIpc) is 2.87. The van der Waals surface area contributed by atoms with E-state index in [1.807, 2.05) is 11.8 Å². The van der Waals surface area contributed by atoms with Crippen molar-refractivity contribution in [1.29, 1.82) is 0 Å². The largest absolute Gasteiger partial charge is 0.361 e. The van der Waals surface area contributed by atoms with E-state index in [1.165, 1.54) is 61.0 Å². The number of rotatable bonds is 1. The number of aliphatic imine (C=N–C) groups is 1. The van der Waals surface area contributed by atoms with Crippen molar-refractivity contribution in [3.63, 3.8) is 0 Å². The Hall–Kier alpha value is 0.170. The van der Waals surface area contributed by atoms with Crippen LogP contribution in [0, 0.1) is 5.41 Å². The zero-order chi connectivity index (χ0) is 11.6. The second-order valence-corrected chi connectivity index (χ2v) is 7.79. The Bertz CT molecular complexity index is 292. The number of hydrogen-bond acceptors (Lipinski definition) is 4. The fraction of sp³-hybridized carbons (Fsp3) is 0.923. The van der Waals surface area contributed by atoms with Gasteiger partial charge in [-0.3, -0.25) is 4.99 Å². The molecule has 2 aliphatic heterocycles. The molecule has 0 radical (unpaired) electrons. The second-order valence-electron chi connectivity index (χ2n) is 5.68. The molecule has 1 unspecified atom stereocenters. The van der Waals surface area contributed by atoms with Crippen molar-refractivity contribution in [2.45, 2.75) is 44.6 Å². The van der Waals surface area contributed by atoms with Crippen molar-refractivity contribution < 1.29 is 0 Å². The maximum atomic E-state index is 4.83. The monoisotopic (exact) mass is 270 g/mol. The molecule has 3 aliphatic rings. The van der Waals surface area contributed by atoms with Gasteiger partial charge in [0.1, 0.15) is 0 Å². The third kappa shape index (κ3) is 2.95. The molecule has 0 amide bonds. The van der Waals surface area contributed by atoms with Crippen molar-refractivity contribution >= 4 is 28.7 Å². The number of amidine groups is 1. The van der Waals surface area contributed by atoms with Gasteiger partial charge < -0.3 is 5.32 Å². The Balaban J connectivity index is 1.55. The summed E-state index contributed by atoms with van der Waals surface area (Å²) in [5.74, 6) is 3.89. The zero-order valence-corrected chi connectivity index (χ0v) is 12.0. The highest BCUT2D eigenvalue weighted by Crippen LogP contribution is 2.41. The summed E-state index contributed by atoms with van der Waals surface area (Å²) in [6.07, 6.45) is 8.44. The molecule has 4 heteroatoms. The molecule has 1 spiro atoms. The highest BCUT2D eigenvalue weighted by atomic mass is 32.2. The summed E-state index contributed by atoms with van der Waals surface area (Å²) in [7, 11) is 0. The Morgan fingerprint density at radius 2 is 2.12 bits per heavy atom. The molecule has 96 valence electrons. The molecule has 2 nitrogen and oxygen atoms in total. The standard InChI is InChI=1S/C13H22N2S2/c1-2-5-13(6-3-1)9-14-12(17-10-13)15-11-4-7-16-8-11/h11H,1-10H2,(H,14,15). The van der Waals surface area contributed by atoms with Gasteiger partial charge in [-0.15, -0.1) is 0 Å². The minimum absolute atomic E-state index is 0.568. The fourth-order valence-corrected chi connectivity index (χ4v) is 5.45. The average molecular weight is 270 g/mol. The van der Waals surface area contributed by atoms with Gasteiger partial charge in [-0.1, -0.05) is 31.0 Å². The molecule has 1 aliphatic carbocycles. The topological polar surface area (TPSA) is 24.4 Å². The van der Waals surface area contributed by atoms with Crippen LogP contribution in [0.25, 0.3) is 0 Å². The van der Waals surface area contributed by atoms with Gasteiger partial charge in [-0.25, -0.2) is 0 Å². The van der Waals surface area contributed by atoms with Gasteiger partial charge in [-0.05, 0) is 30.4 Å². The Labute approximate surface area is 113 Å². The molecule has 1 atom stereocenters. The normalized spacial score (nSPS) is 32.5. The lowest BCUT2D eigenvalue weighted by Crippen LogP contribution is -2.40. The van der Waals surface area contributed by atoms with Gasteiger partial charge in [0.25, 0.3) is 0 Å². The van der Waals surface area contributed by atoms with E-state index in [4.69, 9.17) is 4.99 Å². The van der Waals surface area contributed by atoms with E-state index < -0.39 is 0 Å². The lowest BCUT2D eigenvalue weighted by molar-refractivity contribution is 0.232. The summed E-state index contributed by atoms with van der Waals surface area (Å²) in [6, 6.07) is 0.687. The third-order valence-electron chi connectivity index (χ3n) is 4.24. The lowest BCUT2D eigenvalue weighted by atomic mass is 9.75. The van der Waals surface area contributed by atoms with Gasteiger partial charge >= 0.3 is 0 Å². The summed E-state index contributed by atoms with van der Waals surface area (Å²) >= 11 is 4.05. The molecule has 1 saturated carbocycles. The smallest absolute Gasteiger partial charge is 0.156 e. The van der Waals surface area contributed by atoms with Crippen LogP contribution in [0.4, 0.5) is 0 Å². The Morgan fingerprint density at radius 3 is 2.76 bits per heavy atom. The molecule has 1 saturated heterocycles. The Morgan fingerprint density at radius 1 is 1.24 bits per heavy atom. The molecule has 1 N–H and O–H groups in total. The number of thioether (sulfide) groups is 2. The lowest BCUT2D eigenvalue weighted by Gasteiger charge is -2.38. The Kier molecular flexibility index (Phi) is 3.90. The second kappa shape index (κ2) is 5.43. The molecule has 0 aromatic heterocycles. The summed E-state index contributed by atoms with van der Waals surface area (Å²) in [5, 5.41) is 4.86. The van der Waals surface area contributed by atoms with E-state index in [0.717, 1.165) is 6.54 Å². The first-order valence-corrected chi connectivity index (χ1v) is 9.02. The fourth-order valence-electron chi connectivity index (χ4n) is 3.07. The molecule has 0 aromatic rings. The number of nitrogens with one attached hydrogen (secondary N) is 1. The van der Waals surface area contributed by atoms with Gasteiger partial charge in [0.05, 0.1) is 0 Å². The van der Waals surface area contributed by atoms with Crippen LogP contribution in [0.1, 0.15) is 38.5 Å². The highest BCUT2D eigenvalue weighted by Gasteiger charge is 2.35. The van der Waals surface area contributed by atoms with E-state index >= 15 is 0 Å². The van der Waals surface area contributed by atoms with Gasteiger partial charge in [0.15, 0.2) is 5.17 Å². The van der Waals surface area contributed by atoms with Crippen LogP contribution >= 0.6 is 23.5 Å². The van der Waals surface area contributed by atoms with E-state index in [-0.39, 0.29) is 0 Å². The summed E-state index contributed by atoms with van der Waals surface area (Å²) in [6.45, 7) is 1.09.